The SMILES string of the molecule is COc1ccc(S(=O)(=O)N(C)CC(=O)NN=Cc2ccc(Br)cc2)cc1Cl. The molecule has 27 heavy (non-hydrogen) atoms. The molecule has 0 radical (unpaired) electrons. The van der Waals surface area contributed by atoms with E-state index < -0.39 is 22.5 Å². The van der Waals surface area contributed by atoms with E-state index in [1.54, 1.807) is 0 Å². The molecule has 0 aliphatic rings. The van der Waals surface area contributed by atoms with Crippen molar-refractivity contribution < 1.29 is 17.9 Å². The fraction of sp³-hybridized carbons (Fsp3) is 0.176. The van der Waals surface area contributed by atoms with Gasteiger partial charge in [0.1, 0.15) is 5.75 Å². The monoisotopic (exact) mass is 473 g/mol. The molecule has 1 amide bonds. The zero-order valence-electron chi connectivity index (χ0n) is 14.5. The molecule has 0 fully saturated rings. The van der Waals surface area contributed by atoms with E-state index in [-0.39, 0.29) is 9.92 Å². The third-order valence-electron chi connectivity index (χ3n) is 3.47. The zero-order valence-corrected chi connectivity index (χ0v) is 17.7. The Morgan fingerprint density at radius 1 is 1.30 bits per heavy atom. The Kier molecular flexibility index (Phi) is 7.37. The summed E-state index contributed by atoms with van der Waals surface area (Å²) in [6, 6.07) is 11.4. The first-order valence-corrected chi connectivity index (χ1v) is 10.2. The van der Waals surface area contributed by atoms with Crippen LogP contribution in [0.25, 0.3) is 0 Å². The number of methoxy groups -OCH3 is 1. The summed E-state index contributed by atoms with van der Waals surface area (Å²) in [5.41, 5.74) is 3.08. The Labute approximate surface area is 171 Å². The summed E-state index contributed by atoms with van der Waals surface area (Å²) in [6.45, 7) is -0.399. The number of ether oxygens (including phenoxy) is 1. The van der Waals surface area contributed by atoms with Gasteiger partial charge >= 0.3 is 0 Å². The zero-order chi connectivity index (χ0) is 20.0. The molecule has 0 heterocycles. The molecule has 0 unspecified atom stereocenters. The summed E-state index contributed by atoms with van der Waals surface area (Å²) >= 11 is 9.30. The molecule has 0 atom stereocenters. The second kappa shape index (κ2) is 9.32. The van der Waals surface area contributed by atoms with E-state index in [1.807, 2.05) is 24.3 Å². The molecule has 1 N–H and O–H groups in total. The van der Waals surface area contributed by atoms with E-state index in [9.17, 15) is 13.2 Å². The lowest BCUT2D eigenvalue weighted by atomic mass is 10.2. The summed E-state index contributed by atoms with van der Waals surface area (Å²) in [5.74, 6) is -0.215. The van der Waals surface area contributed by atoms with Crippen LogP contribution in [-0.4, -0.2) is 45.5 Å². The van der Waals surface area contributed by atoms with Gasteiger partial charge in [-0.2, -0.15) is 9.41 Å². The number of hydrazone groups is 1. The van der Waals surface area contributed by atoms with Crippen molar-refractivity contribution in [1.29, 1.82) is 0 Å². The first-order chi connectivity index (χ1) is 12.7. The van der Waals surface area contributed by atoms with Gasteiger partial charge in [-0.15, -0.1) is 0 Å². The molecule has 0 aromatic heterocycles. The third-order valence-corrected chi connectivity index (χ3v) is 6.09. The summed E-state index contributed by atoms with van der Waals surface area (Å²) in [6.07, 6.45) is 1.46. The number of nitrogens with zero attached hydrogens (tertiary/aromatic N) is 2. The van der Waals surface area contributed by atoms with Crippen LogP contribution in [0, 0.1) is 0 Å². The third kappa shape index (κ3) is 5.77. The van der Waals surface area contributed by atoms with E-state index in [1.165, 1.54) is 38.6 Å². The predicted molar refractivity (Wildman–Crippen MR) is 108 cm³/mol. The molecular weight excluding hydrogens is 458 g/mol. The van der Waals surface area contributed by atoms with Crippen molar-refractivity contribution >= 4 is 49.7 Å². The van der Waals surface area contributed by atoms with E-state index in [0.29, 0.717) is 5.75 Å². The Hall–Kier alpha value is -1.94. The molecule has 2 aromatic rings. The number of hydrogen-bond acceptors (Lipinski definition) is 5. The van der Waals surface area contributed by atoms with E-state index >= 15 is 0 Å². The van der Waals surface area contributed by atoms with E-state index in [2.05, 4.69) is 26.5 Å². The topological polar surface area (TPSA) is 88.1 Å². The molecule has 0 saturated carbocycles. The minimum atomic E-state index is -3.89. The molecule has 10 heteroatoms. The maximum atomic E-state index is 12.6. The standard InChI is InChI=1S/C17H17BrClN3O4S/c1-22(27(24,25)14-7-8-16(26-2)15(19)9-14)11-17(23)21-20-10-12-3-5-13(18)6-4-12/h3-10H,11H2,1-2H3,(H,21,23). The first-order valence-electron chi connectivity index (χ1n) is 7.61. The number of carbonyl (C=O) groups excluding carboxylic acids is 1. The molecule has 0 aliphatic carbocycles. The molecule has 0 aliphatic heterocycles. The fourth-order valence-electron chi connectivity index (χ4n) is 2.04. The minimum absolute atomic E-state index is 0.0398. The van der Waals surface area contributed by atoms with Gasteiger partial charge in [-0.3, -0.25) is 4.79 Å². The van der Waals surface area contributed by atoms with Gasteiger partial charge in [-0.05, 0) is 35.9 Å². The van der Waals surface area contributed by atoms with Gasteiger partial charge in [0.15, 0.2) is 0 Å². The highest BCUT2D eigenvalue weighted by molar-refractivity contribution is 9.10. The van der Waals surface area contributed by atoms with Crippen LogP contribution in [0.15, 0.2) is 56.9 Å². The minimum Gasteiger partial charge on any atom is -0.495 e. The molecule has 7 nitrogen and oxygen atoms in total. The highest BCUT2D eigenvalue weighted by Crippen LogP contribution is 2.27. The maximum absolute atomic E-state index is 12.6. The van der Waals surface area contributed by atoms with Gasteiger partial charge in [0, 0.05) is 11.5 Å². The highest BCUT2D eigenvalue weighted by atomic mass is 79.9. The molecule has 0 bridgehead atoms. The van der Waals surface area contributed by atoms with Crippen molar-refractivity contribution in [3.05, 3.63) is 57.5 Å². The number of benzene rings is 2. The number of rotatable bonds is 7. The van der Waals surface area contributed by atoms with Gasteiger partial charge < -0.3 is 4.74 Å². The number of carbonyl (C=O) groups is 1. The van der Waals surface area contributed by atoms with Crippen molar-refractivity contribution in [3.63, 3.8) is 0 Å². The van der Waals surface area contributed by atoms with Gasteiger partial charge in [-0.25, -0.2) is 13.8 Å². The van der Waals surface area contributed by atoms with Gasteiger partial charge in [0.05, 0.1) is 29.8 Å². The lowest BCUT2D eigenvalue weighted by molar-refractivity contribution is -0.121. The van der Waals surface area contributed by atoms with Gasteiger partial charge in [0.25, 0.3) is 5.91 Å². The summed E-state index contributed by atoms with van der Waals surface area (Å²) < 4.78 is 31.9. The van der Waals surface area contributed by atoms with E-state index in [4.69, 9.17) is 16.3 Å². The van der Waals surface area contributed by atoms with Crippen LogP contribution in [0.1, 0.15) is 5.56 Å². The molecule has 2 aromatic carbocycles. The Morgan fingerprint density at radius 3 is 2.56 bits per heavy atom. The second-order valence-corrected chi connectivity index (χ2v) is 8.77. The van der Waals surface area contributed by atoms with Gasteiger partial charge in [-0.1, -0.05) is 39.7 Å². The lowest BCUT2D eigenvalue weighted by Gasteiger charge is -2.16. The molecule has 0 saturated heterocycles. The number of amides is 1. The van der Waals surface area contributed by atoms with Gasteiger partial charge in [0.2, 0.25) is 10.0 Å². The van der Waals surface area contributed by atoms with Crippen LogP contribution < -0.4 is 10.2 Å². The van der Waals surface area contributed by atoms with Crippen molar-refractivity contribution in [2.24, 2.45) is 5.10 Å². The Balaban J connectivity index is 2.00. The van der Waals surface area contributed by atoms with Crippen molar-refractivity contribution in [2.45, 2.75) is 4.90 Å². The van der Waals surface area contributed by atoms with E-state index in [0.717, 1.165) is 14.3 Å². The lowest BCUT2D eigenvalue weighted by Crippen LogP contribution is -2.36. The summed E-state index contributed by atoms with van der Waals surface area (Å²) in [5, 5.41) is 3.98. The summed E-state index contributed by atoms with van der Waals surface area (Å²) in [4.78, 5) is 11.9. The number of nitrogens with one attached hydrogen (secondary N) is 1. The van der Waals surface area contributed by atoms with Crippen LogP contribution in [-0.2, 0) is 14.8 Å². The first kappa shape index (κ1) is 21.4. The molecule has 2 rings (SSSR count). The summed E-state index contributed by atoms with van der Waals surface area (Å²) in [7, 11) is -1.16. The quantitative estimate of drug-likeness (QED) is 0.494. The number of sulfonamides is 1. The Bertz CT molecular complexity index is 949. The average molecular weight is 475 g/mol. The number of hydrogen-bond donors (Lipinski definition) is 1. The van der Waals surface area contributed by atoms with Crippen LogP contribution in [0.4, 0.5) is 0 Å². The van der Waals surface area contributed by atoms with Crippen LogP contribution in [0.3, 0.4) is 0 Å². The average Bonchev–Trinajstić information content (AvgIpc) is 2.63. The largest absolute Gasteiger partial charge is 0.495 e. The van der Waals surface area contributed by atoms with Crippen LogP contribution >= 0.6 is 27.5 Å². The van der Waals surface area contributed by atoms with Crippen LogP contribution in [0.2, 0.25) is 5.02 Å². The smallest absolute Gasteiger partial charge is 0.255 e. The molecule has 0 spiro atoms. The maximum Gasteiger partial charge on any atom is 0.255 e. The highest BCUT2D eigenvalue weighted by Gasteiger charge is 2.23. The number of halogens is 2. The van der Waals surface area contributed by atoms with Crippen molar-refractivity contribution in [2.75, 3.05) is 20.7 Å². The molecular formula is C17H17BrClN3O4S. The molecule has 144 valence electrons. The predicted octanol–water partition coefficient (Wildman–Crippen LogP) is 2.88. The fourth-order valence-corrected chi connectivity index (χ4v) is 3.78. The Morgan fingerprint density at radius 2 is 1.96 bits per heavy atom. The van der Waals surface area contributed by atoms with Crippen LogP contribution in [0.5, 0.6) is 5.75 Å². The second-order valence-electron chi connectivity index (χ2n) is 5.40. The normalized spacial score (nSPS) is 11.7. The number of likely N-dealkylation sites (N-methyl/N-ethyl adjacent to an activating group) is 1. The van der Waals surface area contributed by atoms with Crippen molar-refractivity contribution in [3.8, 4) is 5.75 Å². The van der Waals surface area contributed by atoms with Crippen molar-refractivity contribution in [1.82, 2.24) is 9.73 Å².